The maximum Gasteiger partial charge on any atom is 0.239 e. The van der Waals surface area contributed by atoms with Crippen LogP contribution in [0, 0.1) is 11.6 Å². The van der Waals surface area contributed by atoms with Gasteiger partial charge in [0, 0.05) is 29.7 Å². The first-order valence-electron chi connectivity index (χ1n) is 7.39. The highest BCUT2D eigenvalue weighted by Crippen LogP contribution is 2.17. The SMILES string of the molecule is NC(=O)C(NCCC(=O)Nc1cc(F)cc(F)c1)c1ccc(Cl)cc1. The molecule has 0 saturated heterocycles. The zero-order valence-electron chi connectivity index (χ0n) is 13.1. The monoisotopic (exact) mass is 367 g/mol. The maximum atomic E-state index is 13.1. The standard InChI is InChI=1S/C17H16ClF2N3O2/c18-11-3-1-10(2-4-11)16(17(21)25)22-6-5-15(24)23-14-8-12(19)7-13(20)9-14/h1-4,7-9,16,22H,5-6H2,(H2,21,25)(H,23,24). The highest BCUT2D eigenvalue weighted by atomic mass is 35.5. The van der Waals surface area contributed by atoms with Gasteiger partial charge in [0.05, 0.1) is 0 Å². The molecule has 0 aliphatic rings. The summed E-state index contributed by atoms with van der Waals surface area (Å²) in [5.41, 5.74) is 6.00. The molecule has 0 heterocycles. The second-order valence-corrected chi connectivity index (χ2v) is 5.73. The number of benzene rings is 2. The van der Waals surface area contributed by atoms with E-state index >= 15 is 0 Å². The van der Waals surface area contributed by atoms with E-state index in [1.54, 1.807) is 24.3 Å². The number of primary amides is 1. The summed E-state index contributed by atoms with van der Waals surface area (Å²) in [4.78, 5) is 23.4. The molecule has 1 unspecified atom stereocenters. The topological polar surface area (TPSA) is 84.2 Å². The smallest absolute Gasteiger partial charge is 0.239 e. The molecule has 2 aromatic rings. The van der Waals surface area contributed by atoms with E-state index in [-0.39, 0.29) is 18.7 Å². The predicted molar refractivity (Wildman–Crippen MR) is 91.0 cm³/mol. The normalized spacial score (nSPS) is 11.8. The van der Waals surface area contributed by atoms with Crippen molar-refractivity contribution in [3.8, 4) is 0 Å². The molecule has 0 bridgehead atoms. The lowest BCUT2D eigenvalue weighted by molar-refractivity contribution is -0.120. The first-order chi connectivity index (χ1) is 11.8. The average molecular weight is 368 g/mol. The molecule has 0 aliphatic carbocycles. The Morgan fingerprint density at radius 3 is 2.24 bits per heavy atom. The van der Waals surface area contributed by atoms with E-state index in [9.17, 15) is 18.4 Å². The van der Waals surface area contributed by atoms with Crippen LogP contribution in [0.3, 0.4) is 0 Å². The van der Waals surface area contributed by atoms with Crippen molar-refractivity contribution >= 4 is 29.1 Å². The summed E-state index contributed by atoms with van der Waals surface area (Å²) in [5, 5.41) is 5.77. The minimum atomic E-state index is -0.787. The van der Waals surface area contributed by atoms with Gasteiger partial charge in [0.15, 0.2) is 0 Å². The lowest BCUT2D eigenvalue weighted by Crippen LogP contribution is -2.35. The van der Waals surface area contributed by atoms with Gasteiger partial charge in [-0.1, -0.05) is 23.7 Å². The molecule has 0 fully saturated rings. The van der Waals surface area contributed by atoms with Gasteiger partial charge in [0.1, 0.15) is 17.7 Å². The van der Waals surface area contributed by atoms with E-state index in [0.29, 0.717) is 16.7 Å². The van der Waals surface area contributed by atoms with Crippen LogP contribution in [0.2, 0.25) is 5.02 Å². The molecule has 2 rings (SSSR count). The van der Waals surface area contributed by atoms with E-state index in [1.807, 2.05) is 0 Å². The number of halogens is 3. The molecule has 1 atom stereocenters. The van der Waals surface area contributed by atoms with Crippen molar-refractivity contribution in [3.63, 3.8) is 0 Å². The van der Waals surface area contributed by atoms with Gasteiger partial charge in [-0.15, -0.1) is 0 Å². The van der Waals surface area contributed by atoms with Crippen LogP contribution in [0.15, 0.2) is 42.5 Å². The van der Waals surface area contributed by atoms with Crippen molar-refractivity contribution < 1.29 is 18.4 Å². The van der Waals surface area contributed by atoms with Crippen LogP contribution in [0.5, 0.6) is 0 Å². The number of amides is 2. The summed E-state index contributed by atoms with van der Waals surface area (Å²) < 4.78 is 26.2. The third kappa shape index (κ3) is 5.81. The van der Waals surface area contributed by atoms with Crippen LogP contribution in [-0.4, -0.2) is 18.4 Å². The second-order valence-electron chi connectivity index (χ2n) is 5.30. The lowest BCUT2D eigenvalue weighted by atomic mass is 10.1. The van der Waals surface area contributed by atoms with Crippen molar-refractivity contribution in [3.05, 3.63) is 64.7 Å². The molecule has 0 saturated carbocycles. The minimum absolute atomic E-state index is 0.0184. The van der Waals surface area contributed by atoms with Crippen molar-refractivity contribution in [1.82, 2.24) is 5.32 Å². The number of carbonyl (C=O) groups excluding carboxylic acids is 2. The Balaban J connectivity index is 1.89. The van der Waals surface area contributed by atoms with Crippen LogP contribution < -0.4 is 16.4 Å². The van der Waals surface area contributed by atoms with Crippen molar-refractivity contribution in [2.75, 3.05) is 11.9 Å². The minimum Gasteiger partial charge on any atom is -0.368 e. The van der Waals surface area contributed by atoms with E-state index in [4.69, 9.17) is 17.3 Å². The quantitative estimate of drug-likeness (QED) is 0.703. The average Bonchev–Trinajstić information content (AvgIpc) is 2.51. The summed E-state index contributed by atoms with van der Waals surface area (Å²) in [7, 11) is 0. The van der Waals surface area contributed by atoms with Gasteiger partial charge < -0.3 is 16.4 Å². The molecule has 2 amide bonds. The highest BCUT2D eigenvalue weighted by molar-refractivity contribution is 6.30. The van der Waals surface area contributed by atoms with Gasteiger partial charge >= 0.3 is 0 Å². The number of hydrogen-bond donors (Lipinski definition) is 3. The third-order valence-electron chi connectivity index (χ3n) is 3.33. The molecular formula is C17H16ClF2N3O2. The fraction of sp³-hybridized carbons (Fsp3) is 0.176. The molecule has 2 aromatic carbocycles. The zero-order valence-corrected chi connectivity index (χ0v) is 13.8. The Morgan fingerprint density at radius 2 is 1.68 bits per heavy atom. The van der Waals surface area contributed by atoms with E-state index in [2.05, 4.69) is 10.6 Å². The maximum absolute atomic E-state index is 13.1. The molecule has 0 aromatic heterocycles. The second kappa shape index (κ2) is 8.55. The third-order valence-corrected chi connectivity index (χ3v) is 3.59. The predicted octanol–water partition coefficient (Wildman–Crippen LogP) is 2.76. The Hall–Kier alpha value is -2.51. The number of anilines is 1. The van der Waals surface area contributed by atoms with Crippen LogP contribution >= 0.6 is 11.6 Å². The van der Waals surface area contributed by atoms with Gasteiger partial charge in [-0.2, -0.15) is 0 Å². The fourth-order valence-electron chi connectivity index (χ4n) is 2.22. The Labute approximate surface area is 148 Å². The Morgan fingerprint density at radius 1 is 1.08 bits per heavy atom. The van der Waals surface area contributed by atoms with Crippen LogP contribution in [0.4, 0.5) is 14.5 Å². The summed E-state index contributed by atoms with van der Waals surface area (Å²) in [6.45, 7) is 0.139. The van der Waals surface area contributed by atoms with Crippen LogP contribution in [-0.2, 0) is 9.59 Å². The van der Waals surface area contributed by atoms with E-state index in [0.717, 1.165) is 12.1 Å². The van der Waals surface area contributed by atoms with Crippen molar-refractivity contribution in [1.29, 1.82) is 0 Å². The molecule has 0 spiro atoms. The zero-order chi connectivity index (χ0) is 18.4. The number of nitrogens with one attached hydrogen (secondary N) is 2. The van der Waals surface area contributed by atoms with Crippen molar-refractivity contribution in [2.45, 2.75) is 12.5 Å². The van der Waals surface area contributed by atoms with Gasteiger partial charge in [-0.05, 0) is 29.8 Å². The molecule has 0 radical (unpaired) electrons. The summed E-state index contributed by atoms with van der Waals surface area (Å²) in [6.07, 6.45) is -0.0184. The number of nitrogens with two attached hydrogens (primary N) is 1. The largest absolute Gasteiger partial charge is 0.368 e. The fourth-order valence-corrected chi connectivity index (χ4v) is 2.34. The summed E-state index contributed by atoms with van der Waals surface area (Å²) in [6, 6.07) is 8.50. The van der Waals surface area contributed by atoms with Gasteiger partial charge in [-0.25, -0.2) is 8.78 Å². The van der Waals surface area contributed by atoms with Crippen LogP contribution in [0.25, 0.3) is 0 Å². The summed E-state index contributed by atoms with van der Waals surface area (Å²) >= 11 is 5.80. The summed E-state index contributed by atoms with van der Waals surface area (Å²) in [5.74, 6) is -2.64. The van der Waals surface area contributed by atoms with E-state index in [1.165, 1.54) is 0 Å². The lowest BCUT2D eigenvalue weighted by Gasteiger charge is -2.16. The van der Waals surface area contributed by atoms with Gasteiger partial charge in [0.2, 0.25) is 11.8 Å². The van der Waals surface area contributed by atoms with Crippen LogP contribution in [0.1, 0.15) is 18.0 Å². The van der Waals surface area contributed by atoms with Gasteiger partial charge in [-0.3, -0.25) is 9.59 Å². The van der Waals surface area contributed by atoms with Crippen molar-refractivity contribution in [2.24, 2.45) is 5.73 Å². The number of carbonyl (C=O) groups is 2. The number of hydrogen-bond acceptors (Lipinski definition) is 3. The first-order valence-corrected chi connectivity index (χ1v) is 7.77. The number of rotatable bonds is 7. The molecule has 4 N–H and O–H groups in total. The highest BCUT2D eigenvalue weighted by Gasteiger charge is 2.17. The van der Waals surface area contributed by atoms with Gasteiger partial charge in [0.25, 0.3) is 0 Å². The molecule has 132 valence electrons. The molecule has 5 nitrogen and oxygen atoms in total. The first kappa shape index (κ1) is 18.8. The van der Waals surface area contributed by atoms with E-state index < -0.39 is 29.5 Å². The molecule has 0 aliphatic heterocycles. The molecular weight excluding hydrogens is 352 g/mol. The molecule has 8 heteroatoms. The Kier molecular flexibility index (Phi) is 6.44. The molecule has 25 heavy (non-hydrogen) atoms. The Bertz CT molecular complexity index is 749.